The molecule has 0 aliphatic rings. The number of nitrogens with two attached hydrogens (primary N) is 1. The molecule has 102 valence electrons. The molecule has 3 N–H and O–H groups in total. The molecule has 2 aromatic rings. The van der Waals surface area contributed by atoms with Crippen molar-refractivity contribution in [2.45, 2.75) is 0 Å². The van der Waals surface area contributed by atoms with Gasteiger partial charge in [-0.25, -0.2) is 0 Å². The highest BCUT2D eigenvalue weighted by molar-refractivity contribution is 14.1. The van der Waals surface area contributed by atoms with Crippen molar-refractivity contribution in [2.24, 2.45) is 5.73 Å². The fourth-order valence-electron chi connectivity index (χ4n) is 1.67. The Labute approximate surface area is 140 Å². The van der Waals surface area contributed by atoms with Gasteiger partial charge >= 0.3 is 0 Å². The average molecular weight is 417 g/mol. The van der Waals surface area contributed by atoms with Gasteiger partial charge < -0.3 is 11.1 Å². The summed E-state index contributed by atoms with van der Waals surface area (Å²) >= 11 is 13.0. The lowest BCUT2D eigenvalue weighted by molar-refractivity contribution is 0.102. The summed E-state index contributed by atoms with van der Waals surface area (Å²) in [5.41, 5.74) is 7.33. The number of anilines is 1. The molecule has 3 nitrogen and oxygen atoms in total. The molecule has 0 atom stereocenters. The van der Waals surface area contributed by atoms with Gasteiger partial charge in [-0.1, -0.05) is 36.0 Å². The second-order valence-corrected chi connectivity index (χ2v) is 6.03. The quantitative estimate of drug-likeness (QED) is 0.591. The van der Waals surface area contributed by atoms with E-state index in [1.807, 2.05) is 18.2 Å². The summed E-state index contributed by atoms with van der Waals surface area (Å²) in [6.07, 6.45) is 0. The Morgan fingerprint density at radius 3 is 2.55 bits per heavy atom. The molecule has 0 radical (unpaired) electrons. The van der Waals surface area contributed by atoms with E-state index < -0.39 is 0 Å². The lowest BCUT2D eigenvalue weighted by atomic mass is 10.1. The van der Waals surface area contributed by atoms with Gasteiger partial charge in [-0.05, 0) is 52.9 Å². The summed E-state index contributed by atoms with van der Waals surface area (Å²) in [6.45, 7) is 0. The van der Waals surface area contributed by atoms with E-state index in [9.17, 15) is 4.79 Å². The van der Waals surface area contributed by atoms with E-state index in [0.29, 0.717) is 21.8 Å². The number of thiocarbonyl (C=S) groups is 1. The maximum atomic E-state index is 12.3. The summed E-state index contributed by atoms with van der Waals surface area (Å²) < 4.78 is 0.863. The van der Waals surface area contributed by atoms with Crippen LogP contribution in [0.2, 0.25) is 5.02 Å². The van der Waals surface area contributed by atoms with E-state index in [0.717, 1.165) is 3.57 Å². The normalized spacial score (nSPS) is 10.1. The summed E-state index contributed by atoms with van der Waals surface area (Å²) in [5, 5.41) is 3.30. The maximum Gasteiger partial charge on any atom is 0.256 e. The largest absolute Gasteiger partial charge is 0.389 e. The minimum atomic E-state index is -0.227. The standard InChI is InChI=1S/C14H10ClIN2OS/c15-8-5-6-10(13(17)20)12(7-8)18-14(19)9-3-1-2-4-11(9)16/h1-7H,(H2,17,20)(H,18,19). The Balaban J connectivity index is 2.35. The molecular formula is C14H10ClIN2OS. The van der Waals surface area contributed by atoms with E-state index in [1.54, 1.807) is 24.3 Å². The number of benzene rings is 2. The summed E-state index contributed by atoms with van der Waals surface area (Å²) in [6, 6.07) is 12.3. The van der Waals surface area contributed by atoms with Crippen molar-refractivity contribution in [3.8, 4) is 0 Å². The number of nitrogens with one attached hydrogen (secondary N) is 1. The number of carbonyl (C=O) groups is 1. The lowest BCUT2D eigenvalue weighted by Crippen LogP contribution is -2.18. The lowest BCUT2D eigenvalue weighted by Gasteiger charge is -2.11. The first-order chi connectivity index (χ1) is 9.49. The fraction of sp³-hybridized carbons (Fsp3) is 0. The number of hydrogen-bond acceptors (Lipinski definition) is 2. The third-order valence-electron chi connectivity index (χ3n) is 2.61. The number of carbonyl (C=O) groups excluding carboxylic acids is 1. The zero-order chi connectivity index (χ0) is 14.7. The van der Waals surface area contributed by atoms with Crippen LogP contribution < -0.4 is 11.1 Å². The van der Waals surface area contributed by atoms with Crippen LogP contribution >= 0.6 is 46.4 Å². The van der Waals surface area contributed by atoms with Crippen molar-refractivity contribution in [1.29, 1.82) is 0 Å². The first kappa shape index (κ1) is 15.2. The van der Waals surface area contributed by atoms with E-state index in [2.05, 4.69) is 27.9 Å². The van der Waals surface area contributed by atoms with Gasteiger partial charge in [-0.15, -0.1) is 0 Å². The Morgan fingerprint density at radius 1 is 1.20 bits per heavy atom. The molecule has 0 unspecified atom stereocenters. The van der Waals surface area contributed by atoms with Crippen LogP contribution in [-0.2, 0) is 0 Å². The van der Waals surface area contributed by atoms with Crippen LogP contribution in [0.5, 0.6) is 0 Å². The molecule has 2 rings (SSSR count). The summed E-state index contributed by atoms with van der Waals surface area (Å²) in [4.78, 5) is 12.5. The second-order valence-electron chi connectivity index (χ2n) is 3.99. The zero-order valence-electron chi connectivity index (χ0n) is 10.2. The van der Waals surface area contributed by atoms with Gasteiger partial charge in [0, 0.05) is 14.2 Å². The Kier molecular flexibility index (Phi) is 4.95. The number of amides is 1. The van der Waals surface area contributed by atoms with Crippen LogP contribution in [0.3, 0.4) is 0 Å². The molecule has 2 aromatic carbocycles. The molecule has 0 fully saturated rings. The van der Waals surface area contributed by atoms with Crippen LogP contribution in [0, 0.1) is 3.57 Å². The monoisotopic (exact) mass is 416 g/mol. The molecule has 0 aromatic heterocycles. The van der Waals surface area contributed by atoms with Gasteiger partial charge in [-0.3, -0.25) is 4.79 Å². The minimum Gasteiger partial charge on any atom is -0.389 e. The molecular weight excluding hydrogens is 407 g/mol. The number of rotatable bonds is 3. The topological polar surface area (TPSA) is 55.1 Å². The minimum absolute atomic E-state index is 0.208. The van der Waals surface area contributed by atoms with E-state index >= 15 is 0 Å². The third kappa shape index (κ3) is 3.47. The maximum absolute atomic E-state index is 12.3. The van der Waals surface area contributed by atoms with Gasteiger partial charge in [0.2, 0.25) is 0 Å². The second kappa shape index (κ2) is 6.51. The highest BCUT2D eigenvalue weighted by Gasteiger charge is 2.13. The first-order valence-electron chi connectivity index (χ1n) is 5.64. The van der Waals surface area contributed by atoms with Crippen LogP contribution in [0.15, 0.2) is 42.5 Å². The van der Waals surface area contributed by atoms with Gasteiger partial charge in [0.15, 0.2) is 0 Å². The molecule has 0 heterocycles. The van der Waals surface area contributed by atoms with Crippen molar-refractivity contribution >= 4 is 63.0 Å². The SMILES string of the molecule is NC(=S)c1ccc(Cl)cc1NC(=O)c1ccccc1I. The van der Waals surface area contributed by atoms with Crippen LogP contribution in [0.1, 0.15) is 15.9 Å². The Bertz CT molecular complexity index is 691. The fourth-order valence-corrected chi connectivity index (χ4v) is 2.65. The van der Waals surface area contributed by atoms with Gasteiger partial charge in [0.1, 0.15) is 4.99 Å². The van der Waals surface area contributed by atoms with Crippen LogP contribution in [0.25, 0.3) is 0 Å². The Morgan fingerprint density at radius 2 is 1.90 bits per heavy atom. The first-order valence-corrected chi connectivity index (χ1v) is 7.51. The molecule has 0 aliphatic carbocycles. The molecule has 20 heavy (non-hydrogen) atoms. The number of hydrogen-bond donors (Lipinski definition) is 2. The van der Waals surface area contributed by atoms with E-state index in [1.165, 1.54) is 0 Å². The molecule has 0 saturated heterocycles. The molecule has 0 aliphatic heterocycles. The highest BCUT2D eigenvalue weighted by atomic mass is 127. The predicted octanol–water partition coefficient (Wildman–Crippen LogP) is 3.83. The van der Waals surface area contributed by atoms with Crippen molar-refractivity contribution in [2.75, 3.05) is 5.32 Å². The van der Waals surface area contributed by atoms with Gasteiger partial charge in [-0.2, -0.15) is 0 Å². The smallest absolute Gasteiger partial charge is 0.256 e. The highest BCUT2D eigenvalue weighted by Crippen LogP contribution is 2.22. The average Bonchev–Trinajstić information content (AvgIpc) is 2.38. The molecule has 1 amide bonds. The zero-order valence-corrected chi connectivity index (χ0v) is 13.9. The van der Waals surface area contributed by atoms with Crippen molar-refractivity contribution in [1.82, 2.24) is 0 Å². The summed E-state index contributed by atoms with van der Waals surface area (Å²) in [7, 11) is 0. The van der Waals surface area contributed by atoms with Crippen LogP contribution in [0.4, 0.5) is 5.69 Å². The number of halogens is 2. The molecule has 0 saturated carbocycles. The molecule has 0 spiro atoms. The van der Waals surface area contributed by atoms with E-state index in [-0.39, 0.29) is 10.9 Å². The molecule has 6 heteroatoms. The van der Waals surface area contributed by atoms with E-state index in [4.69, 9.17) is 29.6 Å². The third-order valence-corrected chi connectivity index (χ3v) is 4.01. The Hall–Kier alpha value is -1.18. The van der Waals surface area contributed by atoms with Crippen molar-refractivity contribution in [3.63, 3.8) is 0 Å². The van der Waals surface area contributed by atoms with Crippen molar-refractivity contribution in [3.05, 3.63) is 62.2 Å². The van der Waals surface area contributed by atoms with Gasteiger partial charge in [0.05, 0.1) is 11.3 Å². The summed E-state index contributed by atoms with van der Waals surface area (Å²) in [5.74, 6) is -0.227. The predicted molar refractivity (Wildman–Crippen MR) is 94.5 cm³/mol. The van der Waals surface area contributed by atoms with Crippen LogP contribution in [-0.4, -0.2) is 10.9 Å². The molecule has 0 bridgehead atoms. The van der Waals surface area contributed by atoms with Gasteiger partial charge in [0.25, 0.3) is 5.91 Å². The van der Waals surface area contributed by atoms with Crippen molar-refractivity contribution < 1.29 is 4.79 Å².